The number of ketones is 1. The minimum atomic E-state index is -0.129. The molecule has 0 unspecified atom stereocenters. The Morgan fingerprint density at radius 1 is 1.06 bits per heavy atom. The lowest BCUT2D eigenvalue weighted by Gasteiger charge is -2.32. The second-order valence-corrected chi connectivity index (χ2v) is 10.1. The standard InChI is InChI=1S/C26H29Cl2N3O2.2ClH/c1-15(32)21-13-29-24-9-6-17(18-11-22(27)26(33)23(28)12-18)10-20(24)25(21)30-19-7-4-16(5-8-19)14-31(2)3;;/h6,9-13,16,19,33H,4-5,7-8,14H2,1-3H3,(H,29,30);2*1H/t16-,19-;;. The van der Waals surface area contributed by atoms with Gasteiger partial charge in [-0.1, -0.05) is 29.3 Å². The topological polar surface area (TPSA) is 65.5 Å². The summed E-state index contributed by atoms with van der Waals surface area (Å²) in [6, 6.07) is 9.57. The zero-order chi connectivity index (χ0) is 23.7. The van der Waals surface area contributed by atoms with Crippen molar-refractivity contribution in [3.8, 4) is 16.9 Å². The number of carbonyl (C=O) groups excluding carboxylic acids is 1. The van der Waals surface area contributed by atoms with Crippen molar-refractivity contribution < 1.29 is 9.90 Å². The molecule has 1 heterocycles. The van der Waals surface area contributed by atoms with Gasteiger partial charge in [0.15, 0.2) is 11.5 Å². The van der Waals surface area contributed by atoms with E-state index in [0.29, 0.717) is 11.6 Å². The summed E-state index contributed by atoms with van der Waals surface area (Å²) in [7, 11) is 4.25. The third-order valence-electron chi connectivity index (χ3n) is 6.42. The van der Waals surface area contributed by atoms with Gasteiger partial charge >= 0.3 is 0 Å². The van der Waals surface area contributed by atoms with Crippen LogP contribution in [0.15, 0.2) is 36.5 Å². The Balaban J connectivity index is 0.00000216. The summed E-state index contributed by atoms with van der Waals surface area (Å²) in [5, 5.41) is 14.9. The number of hydrogen-bond donors (Lipinski definition) is 2. The molecule has 190 valence electrons. The highest BCUT2D eigenvalue weighted by Crippen LogP contribution is 2.38. The van der Waals surface area contributed by atoms with E-state index in [1.54, 1.807) is 25.3 Å². The van der Waals surface area contributed by atoms with Crippen LogP contribution >= 0.6 is 48.0 Å². The van der Waals surface area contributed by atoms with E-state index in [9.17, 15) is 9.90 Å². The lowest BCUT2D eigenvalue weighted by atomic mass is 9.85. The first-order valence-corrected chi connectivity index (χ1v) is 12.0. The summed E-state index contributed by atoms with van der Waals surface area (Å²) in [6.07, 6.45) is 6.15. The van der Waals surface area contributed by atoms with Gasteiger partial charge in [0.1, 0.15) is 0 Å². The number of nitrogens with zero attached hydrogens (tertiary/aromatic N) is 2. The van der Waals surface area contributed by atoms with Gasteiger partial charge in [-0.25, -0.2) is 0 Å². The molecule has 1 fully saturated rings. The van der Waals surface area contributed by atoms with E-state index in [0.717, 1.165) is 53.0 Å². The van der Waals surface area contributed by atoms with Crippen LogP contribution in [0.4, 0.5) is 5.69 Å². The van der Waals surface area contributed by atoms with Gasteiger partial charge < -0.3 is 15.3 Å². The van der Waals surface area contributed by atoms with E-state index < -0.39 is 0 Å². The maximum absolute atomic E-state index is 12.5. The van der Waals surface area contributed by atoms with Crippen molar-refractivity contribution in [1.29, 1.82) is 0 Å². The third-order valence-corrected chi connectivity index (χ3v) is 6.99. The number of Topliss-reactive ketones (excluding diaryl/α,β-unsaturated/α-hetero) is 1. The SMILES string of the molecule is CC(=O)c1cnc2ccc(-c3cc(Cl)c(O)c(Cl)c3)cc2c1N[C@H]1CC[C@H](CN(C)C)CC1.Cl.Cl. The highest BCUT2D eigenvalue weighted by atomic mass is 35.5. The fourth-order valence-electron chi connectivity index (χ4n) is 4.74. The van der Waals surface area contributed by atoms with Crippen LogP contribution in [0.1, 0.15) is 43.0 Å². The molecule has 0 saturated heterocycles. The first kappa shape index (κ1) is 29.5. The summed E-state index contributed by atoms with van der Waals surface area (Å²) in [5.41, 5.74) is 3.90. The lowest BCUT2D eigenvalue weighted by Crippen LogP contribution is -2.31. The van der Waals surface area contributed by atoms with Crippen molar-refractivity contribution in [3.05, 3.63) is 52.1 Å². The molecule has 4 rings (SSSR count). The van der Waals surface area contributed by atoms with Crippen molar-refractivity contribution in [1.82, 2.24) is 9.88 Å². The Hall–Kier alpha value is -1.76. The smallest absolute Gasteiger partial charge is 0.163 e. The van der Waals surface area contributed by atoms with Crippen LogP contribution in [0.3, 0.4) is 0 Å². The Kier molecular flexibility index (Phi) is 10.5. The number of halogens is 4. The van der Waals surface area contributed by atoms with Crippen LogP contribution in [0.5, 0.6) is 5.75 Å². The summed E-state index contributed by atoms with van der Waals surface area (Å²) in [6.45, 7) is 2.69. The molecule has 1 saturated carbocycles. The molecule has 1 aromatic heterocycles. The zero-order valence-corrected chi connectivity index (χ0v) is 23.1. The average Bonchev–Trinajstić information content (AvgIpc) is 2.77. The summed E-state index contributed by atoms with van der Waals surface area (Å²) in [5.74, 6) is 0.569. The van der Waals surface area contributed by atoms with Crippen molar-refractivity contribution in [2.45, 2.75) is 38.6 Å². The van der Waals surface area contributed by atoms with Gasteiger partial charge in [0.05, 0.1) is 26.8 Å². The molecule has 9 heteroatoms. The molecule has 3 aromatic rings. The number of carbonyl (C=O) groups is 1. The van der Waals surface area contributed by atoms with E-state index in [2.05, 4.69) is 29.3 Å². The number of phenols is 1. The number of phenolic OH excluding ortho intramolecular Hbond substituents is 1. The van der Waals surface area contributed by atoms with Crippen LogP contribution in [-0.4, -0.2) is 47.5 Å². The molecule has 0 spiro atoms. The number of anilines is 1. The monoisotopic (exact) mass is 557 g/mol. The first-order valence-electron chi connectivity index (χ1n) is 11.3. The number of fused-ring (bicyclic) bond motifs is 1. The number of pyridine rings is 1. The highest BCUT2D eigenvalue weighted by Gasteiger charge is 2.24. The third kappa shape index (κ3) is 6.72. The predicted molar refractivity (Wildman–Crippen MR) is 151 cm³/mol. The number of benzene rings is 2. The van der Waals surface area contributed by atoms with Crippen LogP contribution in [0.25, 0.3) is 22.0 Å². The highest BCUT2D eigenvalue weighted by molar-refractivity contribution is 6.37. The molecule has 5 nitrogen and oxygen atoms in total. The van der Waals surface area contributed by atoms with Crippen molar-refractivity contribution in [2.75, 3.05) is 26.0 Å². The normalized spacial score (nSPS) is 17.5. The molecule has 0 aliphatic heterocycles. The molecule has 1 aliphatic rings. The van der Waals surface area contributed by atoms with Crippen LogP contribution in [0.2, 0.25) is 10.0 Å². The lowest BCUT2D eigenvalue weighted by molar-refractivity contribution is 0.101. The number of aromatic nitrogens is 1. The van der Waals surface area contributed by atoms with Crippen LogP contribution in [-0.2, 0) is 0 Å². The number of aromatic hydroxyl groups is 1. The number of nitrogens with one attached hydrogen (secondary N) is 1. The summed E-state index contributed by atoms with van der Waals surface area (Å²) < 4.78 is 0. The molecule has 0 radical (unpaired) electrons. The molecule has 2 N–H and O–H groups in total. The van der Waals surface area contributed by atoms with E-state index in [1.165, 1.54) is 12.8 Å². The van der Waals surface area contributed by atoms with Crippen LogP contribution < -0.4 is 5.32 Å². The van der Waals surface area contributed by atoms with Gasteiger partial charge in [0.25, 0.3) is 0 Å². The maximum atomic E-state index is 12.5. The quantitative estimate of drug-likeness (QED) is 0.307. The van der Waals surface area contributed by atoms with Crippen molar-refractivity contribution >= 4 is 70.4 Å². The molecule has 35 heavy (non-hydrogen) atoms. The fraction of sp³-hybridized carbons (Fsp3) is 0.385. The molecule has 0 amide bonds. The van der Waals surface area contributed by atoms with Gasteiger partial charge in [-0.05, 0) is 88.0 Å². The molecular weight excluding hydrogens is 528 g/mol. The van der Waals surface area contributed by atoms with E-state index in [4.69, 9.17) is 23.2 Å². The van der Waals surface area contributed by atoms with Crippen LogP contribution in [0, 0.1) is 5.92 Å². The number of rotatable bonds is 6. The minimum absolute atomic E-state index is 0. The van der Waals surface area contributed by atoms with Gasteiger partial charge in [0, 0.05) is 24.2 Å². The van der Waals surface area contributed by atoms with Crippen molar-refractivity contribution in [3.63, 3.8) is 0 Å². The second kappa shape index (κ2) is 12.5. The predicted octanol–water partition coefficient (Wildman–Crippen LogP) is 7.49. The van der Waals surface area contributed by atoms with Gasteiger partial charge in [0.2, 0.25) is 0 Å². The van der Waals surface area contributed by atoms with E-state index in [-0.39, 0.29) is 46.4 Å². The Bertz CT molecular complexity index is 1170. The van der Waals surface area contributed by atoms with Gasteiger partial charge in [-0.3, -0.25) is 9.78 Å². The summed E-state index contributed by atoms with van der Waals surface area (Å²) >= 11 is 12.3. The zero-order valence-electron chi connectivity index (χ0n) is 20.0. The number of hydrogen-bond acceptors (Lipinski definition) is 5. The van der Waals surface area contributed by atoms with E-state index >= 15 is 0 Å². The Morgan fingerprint density at radius 3 is 2.26 bits per heavy atom. The van der Waals surface area contributed by atoms with Gasteiger partial charge in [-0.15, -0.1) is 24.8 Å². The maximum Gasteiger partial charge on any atom is 0.163 e. The average molecular weight is 559 g/mol. The molecule has 2 aromatic carbocycles. The van der Waals surface area contributed by atoms with Crippen molar-refractivity contribution in [2.24, 2.45) is 5.92 Å². The largest absolute Gasteiger partial charge is 0.505 e. The minimum Gasteiger partial charge on any atom is -0.505 e. The fourth-order valence-corrected chi connectivity index (χ4v) is 5.22. The second-order valence-electron chi connectivity index (χ2n) is 9.25. The Morgan fingerprint density at radius 2 is 1.69 bits per heavy atom. The van der Waals surface area contributed by atoms with Gasteiger partial charge in [-0.2, -0.15) is 0 Å². The molecule has 1 aliphatic carbocycles. The van der Waals surface area contributed by atoms with E-state index in [1.807, 2.05) is 18.2 Å². The first-order chi connectivity index (χ1) is 15.7. The molecule has 0 atom stereocenters. The summed E-state index contributed by atoms with van der Waals surface area (Å²) in [4.78, 5) is 19.2. The molecular formula is C26H31Cl4N3O2. The molecule has 0 bridgehead atoms. The Labute approximate surface area is 229 Å².